The minimum Gasteiger partial charge on any atom is -0.495 e. The van der Waals surface area contributed by atoms with Gasteiger partial charge in [0.15, 0.2) is 5.82 Å². The maximum Gasteiger partial charge on any atom is 0.234 e. The normalized spacial score (nSPS) is 13.7. The van der Waals surface area contributed by atoms with Crippen molar-refractivity contribution in [1.29, 1.82) is 0 Å². The van der Waals surface area contributed by atoms with Crippen LogP contribution >= 0.6 is 11.8 Å². The number of thioether (sulfide) groups is 1. The predicted molar refractivity (Wildman–Crippen MR) is 130 cm³/mol. The largest absolute Gasteiger partial charge is 0.495 e. The smallest absolute Gasteiger partial charge is 0.234 e. The molecule has 7 nitrogen and oxygen atoms in total. The van der Waals surface area contributed by atoms with Gasteiger partial charge in [-0.25, -0.2) is 0 Å². The zero-order chi connectivity index (χ0) is 22.3. The first-order valence-corrected chi connectivity index (χ1v) is 11.6. The summed E-state index contributed by atoms with van der Waals surface area (Å²) in [6.07, 6.45) is 0. The molecule has 1 aliphatic heterocycles. The number of aromatic nitrogens is 2. The van der Waals surface area contributed by atoms with Gasteiger partial charge < -0.3 is 19.9 Å². The van der Waals surface area contributed by atoms with Crippen molar-refractivity contribution in [2.45, 2.75) is 11.9 Å². The van der Waals surface area contributed by atoms with Crippen molar-refractivity contribution in [1.82, 2.24) is 10.2 Å². The zero-order valence-corrected chi connectivity index (χ0v) is 19.1. The highest BCUT2D eigenvalue weighted by Crippen LogP contribution is 2.29. The van der Waals surface area contributed by atoms with E-state index in [0.717, 1.165) is 59.7 Å². The van der Waals surface area contributed by atoms with E-state index >= 15 is 0 Å². The molecule has 1 aliphatic rings. The number of benzene rings is 2. The Balaban J connectivity index is 1.28. The lowest BCUT2D eigenvalue weighted by Crippen LogP contribution is -2.47. The summed E-state index contributed by atoms with van der Waals surface area (Å²) in [5.41, 5.74) is 3.00. The van der Waals surface area contributed by atoms with Gasteiger partial charge in [-0.15, -0.1) is 10.2 Å². The molecule has 0 unspecified atom stereocenters. The topological polar surface area (TPSA) is 70.6 Å². The molecule has 0 atom stereocenters. The summed E-state index contributed by atoms with van der Waals surface area (Å²) in [7, 11) is 1.70. The van der Waals surface area contributed by atoms with Crippen LogP contribution in [0.5, 0.6) is 5.75 Å². The second-order valence-electron chi connectivity index (χ2n) is 7.53. The molecule has 8 heteroatoms. The SMILES string of the molecule is COc1ccccc1N1CCN(c2ccc(SCC(=O)Nc3ccccc3C)nn2)CC1. The molecule has 2 aromatic carbocycles. The molecule has 0 aliphatic carbocycles. The summed E-state index contributed by atoms with van der Waals surface area (Å²) >= 11 is 1.38. The molecular weight excluding hydrogens is 422 g/mol. The molecule has 1 amide bonds. The Morgan fingerprint density at radius 3 is 2.41 bits per heavy atom. The van der Waals surface area contributed by atoms with Crippen LogP contribution in [-0.2, 0) is 4.79 Å². The molecule has 0 saturated carbocycles. The Morgan fingerprint density at radius 1 is 0.969 bits per heavy atom. The molecule has 1 saturated heterocycles. The van der Waals surface area contributed by atoms with Gasteiger partial charge in [0.25, 0.3) is 0 Å². The summed E-state index contributed by atoms with van der Waals surface area (Å²) in [5, 5.41) is 12.4. The van der Waals surface area contributed by atoms with Gasteiger partial charge in [-0.1, -0.05) is 42.1 Å². The van der Waals surface area contributed by atoms with Crippen molar-refractivity contribution in [2.24, 2.45) is 0 Å². The summed E-state index contributed by atoms with van der Waals surface area (Å²) in [4.78, 5) is 16.8. The van der Waals surface area contributed by atoms with Gasteiger partial charge >= 0.3 is 0 Å². The Kier molecular flexibility index (Phi) is 7.11. The number of hydrogen-bond acceptors (Lipinski definition) is 7. The lowest BCUT2D eigenvalue weighted by molar-refractivity contribution is -0.113. The van der Waals surface area contributed by atoms with E-state index < -0.39 is 0 Å². The number of amides is 1. The number of anilines is 3. The fourth-order valence-corrected chi connectivity index (χ4v) is 4.28. The highest BCUT2D eigenvalue weighted by molar-refractivity contribution is 7.99. The summed E-state index contributed by atoms with van der Waals surface area (Å²) < 4.78 is 5.49. The Labute approximate surface area is 192 Å². The van der Waals surface area contributed by atoms with Crippen molar-refractivity contribution in [3.8, 4) is 5.75 Å². The molecule has 0 radical (unpaired) electrons. The van der Waals surface area contributed by atoms with E-state index in [1.807, 2.05) is 61.5 Å². The quantitative estimate of drug-likeness (QED) is 0.550. The predicted octanol–water partition coefficient (Wildman–Crippen LogP) is 3.85. The van der Waals surface area contributed by atoms with E-state index in [2.05, 4.69) is 31.4 Å². The number of carbonyl (C=O) groups is 1. The van der Waals surface area contributed by atoms with Crippen molar-refractivity contribution in [3.05, 3.63) is 66.2 Å². The van der Waals surface area contributed by atoms with E-state index in [4.69, 9.17) is 4.74 Å². The second-order valence-corrected chi connectivity index (χ2v) is 8.52. The first-order valence-electron chi connectivity index (χ1n) is 10.6. The van der Waals surface area contributed by atoms with Crippen LogP contribution in [-0.4, -0.2) is 55.1 Å². The van der Waals surface area contributed by atoms with Gasteiger partial charge in [-0.3, -0.25) is 4.79 Å². The van der Waals surface area contributed by atoms with Gasteiger partial charge in [-0.2, -0.15) is 0 Å². The third-order valence-corrected chi connectivity index (χ3v) is 6.35. The van der Waals surface area contributed by atoms with Crippen LogP contribution in [0.1, 0.15) is 5.56 Å². The molecule has 32 heavy (non-hydrogen) atoms. The van der Waals surface area contributed by atoms with Crippen LogP contribution in [0.15, 0.2) is 65.7 Å². The van der Waals surface area contributed by atoms with Crippen LogP contribution in [0, 0.1) is 6.92 Å². The van der Waals surface area contributed by atoms with Gasteiger partial charge in [0.1, 0.15) is 10.8 Å². The Morgan fingerprint density at radius 2 is 1.69 bits per heavy atom. The van der Waals surface area contributed by atoms with Crippen LogP contribution in [0.3, 0.4) is 0 Å². The summed E-state index contributed by atoms with van der Waals surface area (Å²) in [6.45, 7) is 5.47. The van der Waals surface area contributed by atoms with Crippen LogP contribution < -0.4 is 19.9 Å². The standard InChI is InChI=1S/C24H27N5O2S/c1-18-7-3-4-8-19(18)25-23(30)17-32-24-12-11-22(26-27-24)29-15-13-28(14-16-29)20-9-5-6-10-21(20)31-2/h3-12H,13-17H2,1-2H3,(H,25,30). The number of methoxy groups -OCH3 is 1. The molecule has 166 valence electrons. The maximum absolute atomic E-state index is 12.2. The van der Waals surface area contributed by atoms with E-state index in [0.29, 0.717) is 5.75 Å². The van der Waals surface area contributed by atoms with E-state index in [1.165, 1.54) is 11.8 Å². The molecule has 1 N–H and O–H groups in total. The van der Waals surface area contributed by atoms with Crippen molar-refractivity contribution < 1.29 is 9.53 Å². The zero-order valence-electron chi connectivity index (χ0n) is 18.3. The molecule has 1 fully saturated rings. The minimum absolute atomic E-state index is 0.0531. The third kappa shape index (κ3) is 5.31. The first-order chi connectivity index (χ1) is 15.6. The lowest BCUT2D eigenvalue weighted by Gasteiger charge is -2.37. The monoisotopic (exact) mass is 449 g/mol. The van der Waals surface area contributed by atoms with E-state index in [9.17, 15) is 4.79 Å². The average Bonchev–Trinajstić information content (AvgIpc) is 2.84. The van der Waals surface area contributed by atoms with Gasteiger partial charge in [0.05, 0.1) is 18.6 Å². The van der Waals surface area contributed by atoms with Crippen molar-refractivity contribution in [2.75, 3.05) is 54.2 Å². The highest BCUT2D eigenvalue weighted by Gasteiger charge is 2.20. The minimum atomic E-state index is -0.0531. The van der Waals surface area contributed by atoms with Gasteiger partial charge in [0.2, 0.25) is 5.91 Å². The molecule has 3 aromatic rings. The molecule has 1 aromatic heterocycles. The van der Waals surface area contributed by atoms with Crippen molar-refractivity contribution in [3.63, 3.8) is 0 Å². The summed E-state index contributed by atoms with van der Waals surface area (Å²) in [6, 6.07) is 19.8. The Hall–Kier alpha value is -3.26. The maximum atomic E-state index is 12.2. The number of aryl methyl sites for hydroxylation is 1. The number of piperazine rings is 1. The van der Waals surface area contributed by atoms with E-state index in [1.54, 1.807) is 7.11 Å². The fourth-order valence-electron chi connectivity index (χ4n) is 3.67. The molecular formula is C24H27N5O2S. The number of hydrogen-bond donors (Lipinski definition) is 1. The van der Waals surface area contributed by atoms with Gasteiger partial charge in [0, 0.05) is 31.9 Å². The van der Waals surface area contributed by atoms with Gasteiger partial charge in [-0.05, 0) is 42.8 Å². The third-order valence-electron chi connectivity index (χ3n) is 5.43. The van der Waals surface area contributed by atoms with Crippen molar-refractivity contribution >= 4 is 34.9 Å². The van der Waals surface area contributed by atoms with Crippen LogP contribution in [0.25, 0.3) is 0 Å². The number of nitrogens with one attached hydrogen (secondary N) is 1. The molecule has 4 rings (SSSR count). The number of carbonyl (C=O) groups excluding carboxylic acids is 1. The molecule has 0 bridgehead atoms. The fraction of sp³-hybridized carbons (Fsp3) is 0.292. The number of para-hydroxylation sites is 3. The number of rotatable bonds is 7. The lowest BCUT2D eigenvalue weighted by atomic mass is 10.2. The highest BCUT2D eigenvalue weighted by atomic mass is 32.2. The van der Waals surface area contributed by atoms with E-state index in [-0.39, 0.29) is 5.91 Å². The van der Waals surface area contributed by atoms with Crippen LogP contribution in [0.2, 0.25) is 0 Å². The molecule has 2 heterocycles. The average molecular weight is 450 g/mol. The number of ether oxygens (including phenoxy) is 1. The molecule has 0 spiro atoms. The first kappa shape index (κ1) is 22.0. The van der Waals surface area contributed by atoms with Crippen LogP contribution in [0.4, 0.5) is 17.2 Å². The number of nitrogens with zero attached hydrogens (tertiary/aromatic N) is 4. The Bertz CT molecular complexity index is 1050. The summed E-state index contributed by atoms with van der Waals surface area (Å²) in [5.74, 6) is 1.99. The second kappa shape index (κ2) is 10.4.